The van der Waals surface area contributed by atoms with Crippen molar-refractivity contribution in [3.05, 3.63) is 70.4 Å². The number of nitrogens with one attached hydrogen (secondary N) is 1. The quantitative estimate of drug-likeness (QED) is 0.736. The predicted molar refractivity (Wildman–Crippen MR) is 104 cm³/mol. The maximum absolute atomic E-state index is 12.8. The summed E-state index contributed by atoms with van der Waals surface area (Å²) in [6.07, 6.45) is 2.50. The van der Waals surface area contributed by atoms with Crippen molar-refractivity contribution in [1.29, 1.82) is 0 Å². The number of carbonyl (C=O) groups excluding carboxylic acids is 1. The lowest BCUT2D eigenvalue weighted by Crippen LogP contribution is -2.36. The van der Waals surface area contributed by atoms with Crippen LogP contribution in [0.3, 0.4) is 0 Å². The minimum absolute atomic E-state index is 0.0116. The average Bonchev–Trinajstić information content (AvgIpc) is 3.36. The minimum Gasteiger partial charge on any atom is -0.350 e. The highest BCUT2D eigenvalue weighted by atomic mass is 32.1. The van der Waals surface area contributed by atoms with Crippen molar-refractivity contribution in [2.45, 2.75) is 18.9 Å². The highest BCUT2D eigenvalue weighted by Gasteiger charge is 2.25. The van der Waals surface area contributed by atoms with Crippen LogP contribution in [0.4, 0.5) is 0 Å². The van der Waals surface area contributed by atoms with Crippen molar-refractivity contribution < 1.29 is 4.79 Å². The van der Waals surface area contributed by atoms with Gasteiger partial charge in [-0.2, -0.15) is 0 Å². The molecule has 4 heteroatoms. The van der Waals surface area contributed by atoms with Gasteiger partial charge in [-0.25, -0.2) is 0 Å². The molecule has 3 aromatic rings. The van der Waals surface area contributed by atoms with Crippen LogP contribution < -0.4 is 5.32 Å². The van der Waals surface area contributed by atoms with E-state index in [0.29, 0.717) is 6.54 Å². The minimum atomic E-state index is 0.0116. The van der Waals surface area contributed by atoms with E-state index in [4.69, 9.17) is 0 Å². The third-order valence-electron chi connectivity index (χ3n) is 4.94. The molecular weight excluding hydrogens is 328 g/mol. The summed E-state index contributed by atoms with van der Waals surface area (Å²) in [5.74, 6) is 0.0116. The molecule has 1 atom stereocenters. The van der Waals surface area contributed by atoms with Crippen LogP contribution in [0.1, 0.15) is 34.1 Å². The average molecular weight is 350 g/mol. The molecule has 0 aliphatic carbocycles. The van der Waals surface area contributed by atoms with E-state index in [-0.39, 0.29) is 11.9 Å². The van der Waals surface area contributed by atoms with E-state index in [0.717, 1.165) is 29.4 Å². The summed E-state index contributed by atoms with van der Waals surface area (Å²) in [5.41, 5.74) is 0.754. The summed E-state index contributed by atoms with van der Waals surface area (Å²) in [6, 6.07) is 18.5. The van der Waals surface area contributed by atoms with Crippen molar-refractivity contribution in [2.24, 2.45) is 0 Å². The third kappa shape index (κ3) is 3.46. The fourth-order valence-corrected chi connectivity index (χ4v) is 4.51. The normalized spacial score (nSPS) is 16.2. The van der Waals surface area contributed by atoms with Gasteiger partial charge in [-0.3, -0.25) is 9.69 Å². The zero-order valence-electron chi connectivity index (χ0n) is 14.2. The zero-order chi connectivity index (χ0) is 17.1. The molecule has 0 bridgehead atoms. The Morgan fingerprint density at radius 2 is 1.84 bits per heavy atom. The number of benzene rings is 2. The van der Waals surface area contributed by atoms with E-state index >= 15 is 0 Å². The van der Waals surface area contributed by atoms with E-state index in [1.165, 1.54) is 17.7 Å². The molecule has 0 spiro atoms. The van der Waals surface area contributed by atoms with Crippen molar-refractivity contribution in [3.8, 4) is 0 Å². The highest BCUT2D eigenvalue weighted by molar-refractivity contribution is 7.10. The molecule has 4 rings (SSSR count). The van der Waals surface area contributed by atoms with Gasteiger partial charge >= 0.3 is 0 Å². The van der Waals surface area contributed by atoms with Crippen LogP contribution >= 0.6 is 11.3 Å². The van der Waals surface area contributed by atoms with Crippen LogP contribution in [0.25, 0.3) is 10.8 Å². The summed E-state index contributed by atoms with van der Waals surface area (Å²) >= 11 is 1.77. The molecule has 1 saturated heterocycles. The fourth-order valence-electron chi connectivity index (χ4n) is 3.65. The summed E-state index contributed by atoms with van der Waals surface area (Å²) in [5, 5.41) is 7.41. The lowest BCUT2D eigenvalue weighted by Gasteiger charge is -2.27. The monoisotopic (exact) mass is 350 g/mol. The number of thiophene rings is 1. The molecule has 2 heterocycles. The van der Waals surface area contributed by atoms with E-state index in [1.54, 1.807) is 11.3 Å². The van der Waals surface area contributed by atoms with Crippen molar-refractivity contribution >= 4 is 28.0 Å². The molecule has 1 fully saturated rings. The summed E-state index contributed by atoms with van der Waals surface area (Å²) in [6.45, 7) is 2.89. The number of amides is 1. The first-order valence-corrected chi connectivity index (χ1v) is 9.74. The van der Waals surface area contributed by atoms with Crippen molar-refractivity contribution in [1.82, 2.24) is 10.2 Å². The molecule has 1 amide bonds. The standard InChI is InChI=1S/C21H22N2OS/c24-21(18-10-5-8-16-7-1-2-9-17(16)18)22-15-19(20-11-6-14-25-20)23-12-3-4-13-23/h1-2,5-11,14,19H,3-4,12-13,15H2,(H,22,24). The Balaban J connectivity index is 1.53. The Hall–Kier alpha value is -2.17. The molecule has 2 aromatic carbocycles. The Labute approximate surface area is 152 Å². The van der Waals surface area contributed by atoms with Gasteiger partial charge in [0, 0.05) is 17.0 Å². The number of fused-ring (bicyclic) bond motifs is 1. The Kier molecular flexibility index (Phi) is 4.81. The summed E-state index contributed by atoms with van der Waals surface area (Å²) < 4.78 is 0. The molecule has 1 N–H and O–H groups in total. The van der Waals surface area contributed by atoms with Gasteiger partial charge in [-0.1, -0.05) is 42.5 Å². The second-order valence-corrected chi connectivity index (χ2v) is 7.49. The Morgan fingerprint density at radius 1 is 1.04 bits per heavy atom. The maximum atomic E-state index is 12.8. The van der Waals surface area contributed by atoms with Gasteiger partial charge in [0.05, 0.1) is 6.04 Å². The Morgan fingerprint density at radius 3 is 2.64 bits per heavy atom. The molecular formula is C21H22N2OS. The lowest BCUT2D eigenvalue weighted by molar-refractivity contribution is 0.0940. The molecule has 1 aliphatic heterocycles. The molecule has 3 nitrogen and oxygen atoms in total. The first-order chi connectivity index (χ1) is 12.3. The molecule has 1 aromatic heterocycles. The maximum Gasteiger partial charge on any atom is 0.251 e. The van der Waals surface area contributed by atoms with Crippen LogP contribution in [0.15, 0.2) is 60.0 Å². The molecule has 25 heavy (non-hydrogen) atoms. The summed E-state index contributed by atoms with van der Waals surface area (Å²) in [7, 11) is 0. The molecule has 1 aliphatic rings. The smallest absolute Gasteiger partial charge is 0.251 e. The fraction of sp³-hybridized carbons (Fsp3) is 0.286. The van der Waals surface area contributed by atoms with Gasteiger partial charge < -0.3 is 5.32 Å². The largest absolute Gasteiger partial charge is 0.350 e. The number of likely N-dealkylation sites (tertiary alicyclic amines) is 1. The second kappa shape index (κ2) is 7.38. The molecule has 1 unspecified atom stereocenters. The highest BCUT2D eigenvalue weighted by Crippen LogP contribution is 2.28. The summed E-state index contributed by atoms with van der Waals surface area (Å²) in [4.78, 5) is 16.7. The van der Waals surface area contributed by atoms with Crippen LogP contribution in [0, 0.1) is 0 Å². The van der Waals surface area contributed by atoms with Crippen LogP contribution in [-0.4, -0.2) is 30.4 Å². The SMILES string of the molecule is O=C(NCC(c1cccs1)N1CCCC1)c1cccc2ccccc12. The first kappa shape index (κ1) is 16.3. The van der Waals surface area contributed by atoms with Crippen molar-refractivity contribution in [3.63, 3.8) is 0 Å². The van der Waals surface area contributed by atoms with E-state index in [1.807, 2.05) is 42.5 Å². The van der Waals surface area contributed by atoms with Gasteiger partial charge in [0.25, 0.3) is 5.91 Å². The number of rotatable bonds is 5. The Bertz CT molecular complexity index is 848. The van der Waals surface area contributed by atoms with Crippen LogP contribution in [-0.2, 0) is 0 Å². The number of nitrogens with zero attached hydrogens (tertiary/aromatic N) is 1. The van der Waals surface area contributed by atoms with Gasteiger partial charge in [-0.05, 0) is 54.2 Å². The van der Waals surface area contributed by atoms with E-state index < -0.39 is 0 Å². The van der Waals surface area contributed by atoms with Crippen molar-refractivity contribution in [2.75, 3.05) is 19.6 Å². The zero-order valence-corrected chi connectivity index (χ0v) is 15.0. The number of carbonyl (C=O) groups is 1. The molecule has 0 radical (unpaired) electrons. The van der Waals surface area contributed by atoms with E-state index in [9.17, 15) is 4.79 Å². The van der Waals surface area contributed by atoms with Gasteiger partial charge in [0.2, 0.25) is 0 Å². The first-order valence-electron chi connectivity index (χ1n) is 8.86. The van der Waals surface area contributed by atoms with Gasteiger partial charge in [0.1, 0.15) is 0 Å². The number of hydrogen-bond donors (Lipinski definition) is 1. The lowest BCUT2D eigenvalue weighted by atomic mass is 10.0. The van der Waals surface area contributed by atoms with Gasteiger partial charge in [0.15, 0.2) is 0 Å². The van der Waals surface area contributed by atoms with Crippen LogP contribution in [0.2, 0.25) is 0 Å². The molecule has 0 saturated carbocycles. The predicted octanol–water partition coefficient (Wildman–Crippen LogP) is 4.47. The van der Waals surface area contributed by atoms with Crippen LogP contribution in [0.5, 0.6) is 0 Å². The second-order valence-electron chi connectivity index (χ2n) is 6.51. The van der Waals surface area contributed by atoms with E-state index in [2.05, 4.69) is 27.7 Å². The molecule has 128 valence electrons. The topological polar surface area (TPSA) is 32.3 Å². The number of hydrogen-bond acceptors (Lipinski definition) is 3. The van der Waals surface area contributed by atoms with Gasteiger partial charge in [-0.15, -0.1) is 11.3 Å². The third-order valence-corrected chi connectivity index (χ3v) is 5.92.